The van der Waals surface area contributed by atoms with Crippen molar-refractivity contribution < 1.29 is 32.3 Å². The van der Waals surface area contributed by atoms with E-state index in [1.54, 1.807) is 22.9 Å². The van der Waals surface area contributed by atoms with Crippen LogP contribution in [0.1, 0.15) is 16.7 Å². The van der Waals surface area contributed by atoms with Crippen LogP contribution in [0.5, 0.6) is 0 Å². The maximum absolute atomic E-state index is 14.9. The Morgan fingerprint density at radius 1 is 1.00 bits per heavy atom. The molecule has 206 valence electrons. The first-order valence-electron chi connectivity index (χ1n) is 12.4. The zero-order valence-corrected chi connectivity index (χ0v) is 22.0. The largest absolute Gasteiger partial charge is 0.425 e. The topological polar surface area (TPSA) is 103 Å². The van der Waals surface area contributed by atoms with E-state index in [-0.39, 0.29) is 10.9 Å². The zero-order chi connectivity index (χ0) is 29.0. The standard InChI is InChI=1S/C29H26F3N5O3/c1-18-8-11-21(12-9-18)36-24-13-10-20(14-19(24)15-34-36)28(40,29(30,31)32)23-16-35(25-7-5-4-6-22(23)25)17-26(38)37(2,3)27(33)39/h4-16,40H,17H2,1-3H3,(H-,33,39)/p+1. The van der Waals surface area contributed by atoms with Gasteiger partial charge in [0, 0.05) is 28.0 Å². The number of hydrogen-bond donors (Lipinski definition) is 2. The van der Waals surface area contributed by atoms with Gasteiger partial charge in [0.1, 0.15) is 6.54 Å². The number of aromatic nitrogens is 3. The number of aryl methyl sites for hydroxylation is 1. The first kappa shape index (κ1) is 27.1. The molecule has 2 heterocycles. The van der Waals surface area contributed by atoms with Gasteiger partial charge in [-0.15, -0.1) is 0 Å². The second-order valence-corrected chi connectivity index (χ2v) is 10.2. The summed E-state index contributed by atoms with van der Waals surface area (Å²) in [6, 6.07) is 16.8. The van der Waals surface area contributed by atoms with Crippen molar-refractivity contribution in [3.8, 4) is 5.69 Å². The third-order valence-corrected chi connectivity index (χ3v) is 7.33. The highest BCUT2D eigenvalue weighted by atomic mass is 19.4. The number of hydrogen-bond acceptors (Lipinski definition) is 4. The van der Waals surface area contributed by atoms with Gasteiger partial charge in [-0.2, -0.15) is 22.8 Å². The molecule has 2 aromatic heterocycles. The molecular formula is C29H27F3N5O3+. The Balaban J connectivity index is 1.66. The number of rotatable bonds is 5. The molecular weight excluding hydrogens is 523 g/mol. The molecule has 0 bridgehead atoms. The van der Waals surface area contributed by atoms with E-state index in [0.29, 0.717) is 10.9 Å². The lowest BCUT2D eigenvalue weighted by molar-refractivity contribution is -0.728. The van der Waals surface area contributed by atoms with Gasteiger partial charge in [0.25, 0.3) is 0 Å². The fourth-order valence-electron chi connectivity index (χ4n) is 4.73. The number of nitrogens with zero attached hydrogens (tertiary/aromatic N) is 4. The molecule has 0 radical (unpaired) electrons. The number of nitrogens with two attached hydrogens (primary N) is 1. The lowest BCUT2D eigenvalue weighted by atomic mass is 9.85. The number of alkyl halides is 3. The van der Waals surface area contributed by atoms with Gasteiger partial charge in [0.15, 0.2) is 0 Å². The predicted molar refractivity (Wildman–Crippen MR) is 143 cm³/mol. The Labute approximate surface area is 227 Å². The smallest absolute Gasteiger partial charge is 0.372 e. The summed E-state index contributed by atoms with van der Waals surface area (Å²) in [7, 11) is 2.60. The maximum Gasteiger partial charge on any atom is 0.425 e. The number of primary amides is 1. The monoisotopic (exact) mass is 550 g/mol. The van der Waals surface area contributed by atoms with E-state index in [2.05, 4.69) is 5.10 Å². The summed E-state index contributed by atoms with van der Waals surface area (Å²) in [5.41, 5.74) is 3.71. The van der Waals surface area contributed by atoms with Gasteiger partial charge in [-0.25, -0.2) is 14.3 Å². The van der Waals surface area contributed by atoms with Gasteiger partial charge in [0.2, 0.25) is 5.60 Å². The van der Waals surface area contributed by atoms with Crippen molar-refractivity contribution >= 4 is 33.7 Å². The fourth-order valence-corrected chi connectivity index (χ4v) is 4.73. The molecule has 8 nitrogen and oxygen atoms in total. The molecule has 5 aromatic rings. The summed E-state index contributed by atoms with van der Waals surface area (Å²) in [6.07, 6.45) is -2.58. The van der Waals surface area contributed by atoms with Crippen molar-refractivity contribution in [1.29, 1.82) is 0 Å². The van der Waals surface area contributed by atoms with Crippen molar-refractivity contribution in [3.63, 3.8) is 0 Å². The predicted octanol–water partition coefficient (Wildman–Crippen LogP) is 4.77. The number of fused-ring (bicyclic) bond motifs is 2. The number of carbonyl (C=O) groups excluding carboxylic acids is 2. The van der Waals surface area contributed by atoms with Crippen LogP contribution in [0.15, 0.2) is 79.1 Å². The Kier molecular flexibility index (Phi) is 6.31. The Hall–Kier alpha value is -4.48. The number of halogens is 3. The SMILES string of the molecule is Cc1ccc(-n2ncc3cc(C(O)(c4cn(CC(=O)[N+](C)(C)C(N)=O)c5ccccc45)C(F)(F)F)ccc32)cc1. The minimum absolute atomic E-state index is 0.106. The van der Waals surface area contributed by atoms with Crippen molar-refractivity contribution in [3.05, 3.63) is 95.8 Å². The molecule has 40 heavy (non-hydrogen) atoms. The van der Waals surface area contributed by atoms with Gasteiger partial charge in [-0.1, -0.05) is 42.0 Å². The van der Waals surface area contributed by atoms with Crippen molar-refractivity contribution in [2.75, 3.05) is 14.1 Å². The average Bonchev–Trinajstić information content (AvgIpc) is 3.49. The van der Waals surface area contributed by atoms with Crippen LogP contribution in [0.4, 0.5) is 18.0 Å². The number of aliphatic hydroxyl groups is 1. The van der Waals surface area contributed by atoms with Crippen LogP contribution in [0.3, 0.4) is 0 Å². The number of benzene rings is 3. The van der Waals surface area contributed by atoms with Gasteiger partial charge >= 0.3 is 18.1 Å². The molecule has 1 unspecified atom stereocenters. The number of para-hydroxylation sites is 1. The van der Waals surface area contributed by atoms with Gasteiger partial charge in [0.05, 0.1) is 31.5 Å². The van der Waals surface area contributed by atoms with E-state index in [0.717, 1.165) is 17.4 Å². The quantitative estimate of drug-likeness (QED) is 0.308. The number of likely N-dealkylation sites (N-methyl/N-ethyl adjacent to an activating group) is 1. The maximum atomic E-state index is 14.9. The molecule has 0 spiro atoms. The lowest BCUT2D eigenvalue weighted by Gasteiger charge is -2.31. The number of urea groups is 1. The first-order chi connectivity index (χ1) is 18.7. The molecule has 0 aliphatic carbocycles. The minimum atomic E-state index is -5.13. The van der Waals surface area contributed by atoms with Crippen LogP contribution >= 0.6 is 0 Å². The molecule has 3 amide bonds. The first-order valence-corrected chi connectivity index (χ1v) is 12.4. The molecule has 5 rings (SSSR count). The van der Waals surface area contributed by atoms with E-state index >= 15 is 0 Å². The van der Waals surface area contributed by atoms with E-state index in [1.165, 1.54) is 49.1 Å². The molecule has 0 aliphatic heterocycles. The molecule has 11 heteroatoms. The zero-order valence-electron chi connectivity index (χ0n) is 22.0. The molecule has 0 saturated heterocycles. The summed E-state index contributed by atoms with van der Waals surface area (Å²) < 4.78 is 46.7. The average molecular weight is 551 g/mol. The highest BCUT2D eigenvalue weighted by Crippen LogP contribution is 2.47. The molecule has 1 atom stereocenters. The van der Waals surface area contributed by atoms with Crippen molar-refractivity contribution in [2.45, 2.75) is 25.2 Å². The molecule has 0 aliphatic rings. The molecule has 3 aromatic carbocycles. The van der Waals surface area contributed by atoms with E-state index in [1.807, 2.05) is 31.2 Å². The van der Waals surface area contributed by atoms with Gasteiger partial charge < -0.3 is 15.4 Å². The Bertz CT molecular complexity index is 1770. The van der Waals surface area contributed by atoms with Gasteiger partial charge in [-0.3, -0.25) is 0 Å². The van der Waals surface area contributed by atoms with Crippen LogP contribution in [0.2, 0.25) is 0 Å². The summed E-state index contributed by atoms with van der Waals surface area (Å²) in [4.78, 5) is 24.7. The molecule has 0 fully saturated rings. The molecule has 0 saturated carbocycles. The number of carbonyl (C=O) groups is 2. The second kappa shape index (κ2) is 9.32. The third-order valence-electron chi connectivity index (χ3n) is 7.33. The van der Waals surface area contributed by atoms with Crippen LogP contribution < -0.4 is 5.73 Å². The lowest BCUT2D eigenvalue weighted by Crippen LogP contribution is -2.54. The number of quaternary nitrogens is 1. The van der Waals surface area contributed by atoms with Gasteiger partial charge in [-0.05, 0) is 42.8 Å². The Morgan fingerprint density at radius 3 is 2.33 bits per heavy atom. The van der Waals surface area contributed by atoms with Crippen molar-refractivity contribution in [1.82, 2.24) is 14.3 Å². The Morgan fingerprint density at radius 2 is 1.68 bits per heavy atom. The van der Waals surface area contributed by atoms with Crippen LogP contribution in [0, 0.1) is 6.92 Å². The van der Waals surface area contributed by atoms with Crippen LogP contribution in [-0.4, -0.2) is 56.1 Å². The number of imide groups is 1. The summed E-state index contributed by atoms with van der Waals surface area (Å²) in [6.45, 7) is 1.51. The van der Waals surface area contributed by atoms with Crippen molar-refractivity contribution in [2.24, 2.45) is 5.73 Å². The fraction of sp³-hybridized carbons (Fsp3) is 0.207. The van der Waals surface area contributed by atoms with Crippen LogP contribution in [-0.2, 0) is 16.9 Å². The number of amides is 3. The summed E-state index contributed by atoms with van der Waals surface area (Å²) >= 11 is 0. The molecule has 3 N–H and O–H groups in total. The van der Waals surface area contributed by atoms with E-state index in [4.69, 9.17) is 5.73 Å². The summed E-state index contributed by atoms with van der Waals surface area (Å²) in [5, 5.41) is 16.4. The normalized spacial score (nSPS) is 14.0. The highest BCUT2D eigenvalue weighted by molar-refractivity contribution is 5.89. The third kappa shape index (κ3) is 4.23. The van der Waals surface area contributed by atoms with E-state index in [9.17, 15) is 27.9 Å². The highest BCUT2D eigenvalue weighted by Gasteiger charge is 2.57. The minimum Gasteiger partial charge on any atom is -0.372 e. The summed E-state index contributed by atoms with van der Waals surface area (Å²) in [5.74, 6) is -0.639. The van der Waals surface area contributed by atoms with E-state index < -0.39 is 45.9 Å². The van der Waals surface area contributed by atoms with Crippen LogP contribution in [0.25, 0.3) is 27.5 Å². The second-order valence-electron chi connectivity index (χ2n) is 10.2.